The monoisotopic (exact) mass is 491 g/mol. The lowest BCUT2D eigenvalue weighted by molar-refractivity contribution is -0.114. The Kier molecular flexibility index (Phi) is 8.07. The molecule has 192 valence electrons. The second kappa shape index (κ2) is 11.2. The van der Waals surface area contributed by atoms with E-state index in [1.54, 1.807) is 6.92 Å². The van der Waals surface area contributed by atoms with Crippen molar-refractivity contribution in [3.05, 3.63) is 50.9 Å². The Labute approximate surface area is 213 Å². The highest BCUT2D eigenvalue weighted by atomic mass is 16.1. The van der Waals surface area contributed by atoms with Gasteiger partial charge in [0.1, 0.15) is 5.82 Å². The number of hydrogen-bond acceptors (Lipinski definition) is 7. The zero-order chi connectivity index (χ0) is 25.8. The molecule has 4 rings (SSSR count). The maximum absolute atomic E-state index is 12.8. The molecule has 0 saturated carbocycles. The Balaban J connectivity index is 1.37. The average Bonchev–Trinajstić information content (AvgIpc) is 2.87. The van der Waals surface area contributed by atoms with Crippen molar-refractivity contribution in [3.8, 4) is 6.07 Å². The number of likely N-dealkylation sites (tertiary alicyclic amines) is 1. The molecule has 1 amide bonds. The van der Waals surface area contributed by atoms with Gasteiger partial charge < -0.3 is 15.2 Å². The van der Waals surface area contributed by atoms with E-state index in [0.717, 1.165) is 75.2 Å². The standard InChI is InChI=1S/C27H37N7O2/c1-5-23-17-33(26-27(36)31-25(19(3)29-26)30-20(4)35)12-13-34(23)24-8-10-32(11-9-24)16-21-7-6-18(2)14-22(21)15-28/h6-7,14,23-24H,5,8-13,16-17H2,1-4H3,(H2,30,31,35,36). The number of carbonyl (C=O) groups excluding carboxylic acids is 1. The number of H-pyrrole nitrogens is 1. The number of nitrogens with one attached hydrogen (secondary N) is 2. The lowest BCUT2D eigenvalue weighted by Gasteiger charge is -2.47. The van der Waals surface area contributed by atoms with Crippen molar-refractivity contribution in [1.82, 2.24) is 19.8 Å². The third kappa shape index (κ3) is 5.77. The molecule has 1 atom stereocenters. The van der Waals surface area contributed by atoms with E-state index in [1.807, 2.05) is 13.0 Å². The molecule has 0 aliphatic carbocycles. The van der Waals surface area contributed by atoms with Crippen molar-refractivity contribution in [2.24, 2.45) is 0 Å². The number of nitrogens with zero attached hydrogens (tertiary/aromatic N) is 5. The number of rotatable bonds is 6. The molecule has 1 aromatic carbocycles. The number of hydrogen-bond donors (Lipinski definition) is 2. The van der Waals surface area contributed by atoms with E-state index in [0.29, 0.717) is 29.4 Å². The number of anilines is 2. The summed E-state index contributed by atoms with van der Waals surface area (Å²) in [6.45, 7) is 12.7. The van der Waals surface area contributed by atoms with E-state index in [4.69, 9.17) is 0 Å². The Bertz CT molecular complexity index is 1190. The highest BCUT2D eigenvalue weighted by molar-refractivity contribution is 5.88. The van der Waals surface area contributed by atoms with Crippen molar-refractivity contribution in [2.45, 2.75) is 65.6 Å². The van der Waals surface area contributed by atoms with Gasteiger partial charge in [-0.2, -0.15) is 5.26 Å². The predicted molar refractivity (Wildman–Crippen MR) is 141 cm³/mol. The third-order valence-corrected chi connectivity index (χ3v) is 7.48. The van der Waals surface area contributed by atoms with E-state index in [9.17, 15) is 14.9 Å². The van der Waals surface area contributed by atoms with E-state index in [2.05, 4.69) is 55.1 Å². The van der Waals surface area contributed by atoms with Crippen molar-refractivity contribution in [2.75, 3.05) is 42.9 Å². The molecular weight excluding hydrogens is 454 g/mol. The maximum atomic E-state index is 12.8. The topological polar surface area (TPSA) is 108 Å². The highest BCUT2D eigenvalue weighted by Crippen LogP contribution is 2.26. The SMILES string of the molecule is CCC1CN(c2nc(C)c(NC(C)=O)[nH]c2=O)CCN1C1CCN(Cc2ccc(C)cc2C#N)CC1. The molecule has 1 unspecified atom stereocenters. The lowest BCUT2D eigenvalue weighted by atomic mass is 9.97. The van der Waals surface area contributed by atoms with Gasteiger partial charge in [0.25, 0.3) is 5.56 Å². The first kappa shape index (κ1) is 25.9. The fraction of sp³-hybridized carbons (Fsp3) is 0.556. The molecule has 2 fully saturated rings. The number of nitriles is 1. The van der Waals surface area contributed by atoms with E-state index < -0.39 is 0 Å². The third-order valence-electron chi connectivity index (χ3n) is 7.48. The first-order valence-corrected chi connectivity index (χ1v) is 12.9. The Morgan fingerprint density at radius 3 is 2.64 bits per heavy atom. The molecule has 0 radical (unpaired) electrons. The smallest absolute Gasteiger partial charge is 0.292 e. The summed E-state index contributed by atoms with van der Waals surface area (Å²) in [5.74, 6) is 0.556. The average molecular weight is 492 g/mol. The molecule has 2 aliphatic rings. The normalized spacial score (nSPS) is 19.8. The van der Waals surface area contributed by atoms with Crippen molar-refractivity contribution in [1.29, 1.82) is 5.26 Å². The van der Waals surface area contributed by atoms with Crippen molar-refractivity contribution >= 4 is 17.5 Å². The zero-order valence-corrected chi connectivity index (χ0v) is 21.8. The molecule has 3 heterocycles. The van der Waals surface area contributed by atoms with E-state index >= 15 is 0 Å². The maximum Gasteiger partial charge on any atom is 0.292 e. The summed E-state index contributed by atoms with van der Waals surface area (Å²) >= 11 is 0. The van der Waals surface area contributed by atoms with Gasteiger partial charge in [0, 0.05) is 45.2 Å². The van der Waals surface area contributed by atoms with Gasteiger partial charge in [-0.05, 0) is 63.4 Å². The number of aryl methyl sites for hydroxylation is 2. The van der Waals surface area contributed by atoms with Crippen molar-refractivity contribution in [3.63, 3.8) is 0 Å². The summed E-state index contributed by atoms with van der Waals surface area (Å²) in [7, 11) is 0. The van der Waals surface area contributed by atoms with Crippen LogP contribution in [0.5, 0.6) is 0 Å². The second-order valence-corrected chi connectivity index (χ2v) is 10.1. The van der Waals surface area contributed by atoms with E-state index in [1.165, 1.54) is 6.92 Å². The van der Waals surface area contributed by atoms with Crippen molar-refractivity contribution < 1.29 is 4.79 Å². The molecule has 0 bridgehead atoms. The molecule has 2 N–H and O–H groups in total. The van der Waals surface area contributed by atoms with Crippen LogP contribution in [0.4, 0.5) is 11.6 Å². The van der Waals surface area contributed by atoms with Gasteiger partial charge in [-0.15, -0.1) is 0 Å². The first-order chi connectivity index (χ1) is 17.3. The predicted octanol–water partition coefficient (Wildman–Crippen LogP) is 2.78. The molecule has 9 nitrogen and oxygen atoms in total. The Morgan fingerprint density at radius 1 is 1.22 bits per heavy atom. The van der Waals surface area contributed by atoms with Crippen LogP contribution in [0.3, 0.4) is 0 Å². The van der Waals surface area contributed by atoms with Crippen LogP contribution in [-0.2, 0) is 11.3 Å². The fourth-order valence-electron chi connectivity index (χ4n) is 5.53. The molecule has 2 aliphatic heterocycles. The minimum absolute atomic E-state index is 0.238. The van der Waals surface area contributed by atoms with Crippen LogP contribution in [0.25, 0.3) is 0 Å². The zero-order valence-electron chi connectivity index (χ0n) is 21.8. The van der Waals surface area contributed by atoms with Gasteiger partial charge in [-0.3, -0.25) is 19.4 Å². The summed E-state index contributed by atoms with van der Waals surface area (Å²) < 4.78 is 0. The van der Waals surface area contributed by atoms with Gasteiger partial charge >= 0.3 is 0 Å². The molecular formula is C27H37N7O2. The molecule has 0 spiro atoms. The van der Waals surface area contributed by atoms with Crippen LogP contribution >= 0.6 is 0 Å². The summed E-state index contributed by atoms with van der Waals surface area (Å²) in [6.07, 6.45) is 3.22. The van der Waals surface area contributed by atoms with Gasteiger partial charge in [0.15, 0.2) is 5.82 Å². The summed E-state index contributed by atoms with van der Waals surface area (Å²) in [5.41, 5.74) is 3.35. The van der Waals surface area contributed by atoms with Crippen LogP contribution < -0.4 is 15.8 Å². The van der Waals surface area contributed by atoms with Gasteiger partial charge in [0.05, 0.1) is 17.3 Å². The molecule has 2 aromatic rings. The summed E-state index contributed by atoms with van der Waals surface area (Å²) in [6, 6.07) is 9.38. The van der Waals surface area contributed by atoms with E-state index in [-0.39, 0.29) is 11.5 Å². The minimum atomic E-state index is -0.270. The molecule has 36 heavy (non-hydrogen) atoms. The summed E-state index contributed by atoms with van der Waals surface area (Å²) in [4.78, 5) is 38.7. The van der Waals surface area contributed by atoms with Crippen LogP contribution in [0.1, 0.15) is 55.5 Å². The Hall–Kier alpha value is -3.22. The molecule has 1 aromatic heterocycles. The lowest BCUT2D eigenvalue weighted by Crippen LogP contribution is -2.59. The number of piperazine rings is 1. The number of amides is 1. The van der Waals surface area contributed by atoms with Crippen LogP contribution in [-0.4, -0.2) is 70.5 Å². The summed E-state index contributed by atoms with van der Waals surface area (Å²) in [5, 5.41) is 12.1. The molecule has 9 heteroatoms. The number of aromatic nitrogens is 2. The first-order valence-electron chi connectivity index (χ1n) is 12.9. The number of aromatic amines is 1. The van der Waals surface area contributed by atoms with Crippen LogP contribution in [0.2, 0.25) is 0 Å². The Morgan fingerprint density at radius 2 is 1.97 bits per heavy atom. The highest BCUT2D eigenvalue weighted by Gasteiger charge is 2.34. The largest absolute Gasteiger partial charge is 0.349 e. The quantitative estimate of drug-likeness (QED) is 0.640. The second-order valence-electron chi connectivity index (χ2n) is 10.1. The van der Waals surface area contributed by atoms with Crippen LogP contribution in [0.15, 0.2) is 23.0 Å². The minimum Gasteiger partial charge on any atom is -0.349 e. The van der Waals surface area contributed by atoms with Gasteiger partial charge in [-0.25, -0.2) is 4.98 Å². The van der Waals surface area contributed by atoms with Gasteiger partial charge in [-0.1, -0.05) is 19.1 Å². The number of benzene rings is 1. The fourth-order valence-corrected chi connectivity index (χ4v) is 5.53. The molecule has 2 saturated heterocycles. The van der Waals surface area contributed by atoms with Crippen LogP contribution in [0, 0.1) is 25.2 Å². The number of carbonyl (C=O) groups is 1. The van der Waals surface area contributed by atoms with Gasteiger partial charge in [0.2, 0.25) is 5.91 Å². The number of piperidine rings is 1.